The van der Waals surface area contributed by atoms with Crippen LogP contribution in [0.4, 0.5) is 0 Å². The predicted molar refractivity (Wildman–Crippen MR) is 261 cm³/mol. The zero-order valence-corrected chi connectivity index (χ0v) is 41.1. The molecule has 0 amide bonds. The van der Waals surface area contributed by atoms with Gasteiger partial charge in [0.15, 0.2) is 12.1 Å². The molecule has 0 aromatic heterocycles. The van der Waals surface area contributed by atoms with Gasteiger partial charge in [0.05, 0.1) is 34.4 Å². The predicted octanol–water partition coefficient (Wildman–Crippen LogP) is 14.8. The molecule has 0 aliphatic heterocycles. The molecule has 1 N–H and O–H groups in total. The van der Waals surface area contributed by atoms with E-state index in [1.165, 1.54) is 128 Å². The van der Waals surface area contributed by atoms with Gasteiger partial charge in [0.1, 0.15) is 6.61 Å². The second kappa shape index (κ2) is 44.9. The number of likely N-dealkylation sites (N-methyl/N-ethyl adjacent to an activating group) is 1. The van der Waals surface area contributed by atoms with Gasteiger partial charge in [0.2, 0.25) is 0 Å². The number of carboxylic acid groups (broad SMARTS) is 1. The minimum Gasteiger partial charge on any atom is -0.477 e. The van der Waals surface area contributed by atoms with Crippen molar-refractivity contribution in [2.24, 2.45) is 0 Å². The summed E-state index contributed by atoms with van der Waals surface area (Å²) in [6.07, 6.45) is 54.4. The van der Waals surface area contributed by atoms with E-state index in [2.05, 4.69) is 62.5 Å². The lowest BCUT2D eigenvalue weighted by Gasteiger charge is -2.31. The van der Waals surface area contributed by atoms with Crippen LogP contribution in [0.1, 0.15) is 226 Å². The number of carboxylic acids is 1. The first-order valence-corrected chi connectivity index (χ1v) is 25.7. The van der Waals surface area contributed by atoms with Crippen molar-refractivity contribution in [3.8, 4) is 0 Å². The number of unbranched alkanes of at least 4 members (excludes halogenated alkanes) is 26. The fraction of sp³-hybridized carbons (Fsp3) is 0.796. The van der Waals surface area contributed by atoms with Crippen LogP contribution < -0.4 is 0 Å². The first-order valence-electron chi connectivity index (χ1n) is 25.7. The number of rotatable bonds is 46. The Morgan fingerprint density at radius 2 is 0.871 bits per heavy atom. The maximum absolute atomic E-state index is 12.8. The molecule has 2 atom stereocenters. The van der Waals surface area contributed by atoms with Gasteiger partial charge in [0.25, 0.3) is 0 Å². The molecule has 8 nitrogen and oxygen atoms in total. The SMILES string of the molecule is CCCCCCC/C=C/C=C/C=C/CCCCCCCC(=O)OC(COCCC(C(=O)O)[N+](C)(C)C)COC(=O)CCCCCCCCC/C=C/CCCCCCCCCCC. The number of hydrogen-bond donors (Lipinski definition) is 1. The normalized spacial score (nSPS) is 13.2. The lowest BCUT2D eigenvalue weighted by Crippen LogP contribution is -2.50. The maximum atomic E-state index is 12.8. The van der Waals surface area contributed by atoms with Gasteiger partial charge in [-0.15, -0.1) is 0 Å². The third-order valence-electron chi connectivity index (χ3n) is 11.5. The third-order valence-corrected chi connectivity index (χ3v) is 11.5. The van der Waals surface area contributed by atoms with E-state index in [1.807, 2.05) is 21.1 Å². The number of nitrogens with zero attached hydrogens (tertiary/aromatic N) is 1. The average molecular weight is 873 g/mol. The highest BCUT2D eigenvalue weighted by Gasteiger charge is 2.31. The van der Waals surface area contributed by atoms with E-state index in [0.29, 0.717) is 19.3 Å². The molecule has 0 heterocycles. The Bertz CT molecular complexity index is 1150. The molecule has 0 radical (unpaired) electrons. The quantitative estimate of drug-likeness (QED) is 0.0214. The molecule has 0 saturated carbocycles. The minimum atomic E-state index is -0.879. The molecule has 0 aliphatic rings. The van der Waals surface area contributed by atoms with Crippen molar-refractivity contribution in [2.45, 2.75) is 238 Å². The summed E-state index contributed by atoms with van der Waals surface area (Å²) in [6, 6.07) is -0.620. The van der Waals surface area contributed by atoms with E-state index in [1.54, 1.807) is 0 Å². The number of aliphatic carboxylic acids is 1. The monoisotopic (exact) mass is 873 g/mol. The third kappa shape index (κ3) is 42.6. The lowest BCUT2D eigenvalue weighted by atomic mass is 10.1. The first kappa shape index (κ1) is 59.3. The minimum absolute atomic E-state index is 0.0513. The van der Waals surface area contributed by atoms with Gasteiger partial charge in [-0.3, -0.25) is 9.59 Å². The summed E-state index contributed by atoms with van der Waals surface area (Å²) < 4.78 is 17.3. The van der Waals surface area contributed by atoms with Gasteiger partial charge >= 0.3 is 17.9 Å². The fourth-order valence-corrected chi connectivity index (χ4v) is 7.50. The van der Waals surface area contributed by atoms with Gasteiger partial charge in [-0.25, -0.2) is 4.79 Å². The summed E-state index contributed by atoms with van der Waals surface area (Å²) >= 11 is 0. The van der Waals surface area contributed by atoms with E-state index < -0.39 is 18.1 Å². The second-order valence-electron chi connectivity index (χ2n) is 18.5. The Hall–Kier alpha value is -2.71. The molecule has 0 fully saturated rings. The topological polar surface area (TPSA) is 99.1 Å². The Morgan fingerprint density at radius 1 is 0.484 bits per heavy atom. The molecule has 0 aliphatic carbocycles. The zero-order valence-electron chi connectivity index (χ0n) is 41.1. The van der Waals surface area contributed by atoms with Crippen LogP contribution in [0, 0.1) is 0 Å². The standard InChI is InChI=1S/C54H97NO7/c1-6-8-10-12-14-16-18-20-22-24-26-27-29-30-32-34-36-38-40-42-44-52(56)61-49-50(48-60-47-46-51(54(58)59)55(3,4)5)62-53(57)45-43-41-39-37-35-33-31-28-25-23-21-19-17-15-13-11-9-7-2/h19,21,23,25-28,31,50-51H,6-18,20,22,24,29-30,32-49H2,1-5H3/p+1/b21-19+,25-23+,27-26+,31-28+. The molecular weight excluding hydrogens is 775 g/mol. The summed E-state index contributed by atoms with van der Waals surface area (Å²) in [5.41, 5.74) is 0. The van der Waals surface area contributed by atoms with E-state index in [9.17, 15) is 19.5 Å². The van der Waals surface area contributed by atoms with Crippen molar-refractivity contribution in [1.82, 2.24) is 0 Å². The summed E-state index contributed by atoms with van der Waals surface area (Å²) in [6.45, 7) is 4.71. The molecule has 0 rings (SSSR count). The fourth-order valence-electron chi connectivity index (χ4n) is 7.50. The van der Waals surface area contributed by atoms with Gasteiger partial charge in [0, 0.05) is 19.3 Å². The molecule has 62 heavy (non-hydrogen) atoms. The molecule has 0 aromatic rings. The summed E-state index contributed by atoms with van der Waals surface area (Å²) in [5, 5.41) is 9.65. The van der Waals surface area contributed by atoms with Crippen LogP contribution >= 0.6 is 0 Å². The number of ether oxygens (including phenoxy) is 3. The highest BCUT2D eigenvalue weighted by atomic mass is 16.6. The Morgan fingerprint density at radius 3 is 1.29 bits per heavy atom. The molecule has 0 bridgehead atoms. The number of carbonyl (C=O) groups excluding carboxylic acids is 2. The van der Waals surface area contributed by atoms with Crippen LogP contribution in [0.25, 0.3) is 0 Å². The molecule has 360 valence electrons. The van der Waals surface area contributed by atoms with Crippen LogP contribution in [0.5, 0.6) is 0 Å². The van der Waals surface area contributed by atoms with Crippen molar-refractivity contribution in [2.75, 3.05) is 41.0 Å². The second-order valence-corrected chi connectivity index (χ2v) is 18.5. The summed E-state index contributed by atoms with van der Waals surface area (Å²) in [7, 11) is 5.53. The summed E-state index contributed by atoms with van der Waals surface area (Å²) in [4.78, 5) is 37.1. The van der Waals surface area contributed by atoms with Crippen molar-refractivity contribution in [3.63, 3.8) is 0 Å². The van der Waals surface area contributed by atoms with Crippen LogP contribution in [-0.2, 0) is 28.6 Å². The molecule has 0 saturated heterocycles. The van der Waals surface area contributed by atoms with Gasteiger partial charge in [-0.2, -0.15) is 0 Å². The molecule has 8 heteroatoms. The van der Waals surface area contributed by atoms with Crippen molar-refractivity contribution < 1.29 is 38.2 Å². The van der Waals surface area contributed by atoms with Gasteiger partial charge in [-0.05, 0) is 64.2 Å². The molecule has 0 spiro atoms. The Balaban J connectivity index is 4.29. The van der Waals surface area contributed by atoms with E-state index >= 15 is 0 Å². The Labute approximate surface area is 382 Å². The maximum Gasteiger partial charge on any atom is 0.362 e. The van der Waals surface area contributed by atoms with Crippen LogP contribution in [0.2, 0.25) is 0 Å². The average Bonchev–Trinajstić information content (AvgIpc) is 3.23. The number of hydrogen-bond acceptors (Lipinski definition) is 6. The first-order chi connectivity index (χ1) is 30.1. The van der Waals surface area contributed by atoms with Crippen LogP contribution in [0.3, 0.4) is 0 Å². The Kier molecular flexibility index (Phi) is 42.9. The lowest BCUT2D eigenvalue weighted by molar-refractivity contribution is -0.887. The summed E-state index contributed by atoms with van der Waals surface area (Å²) in [5.74, 6) is -1.49. The van der Waals surface area contributed by atoms with Crippen molar-refractivity contribution in [1.29, 1.82) is 0 Å². The van der Waals surface area contributed by atoms with E-state index in [4.69, 9.17) is 14.2 Å². The van der Waals surface area contributed by atoms with Crippen LogP contribution in [-0.4, -0.2) is 80.6 Å². The van der Waals surface area contributed by atoms with E-state index in [-0.39, 0.29) is 36.2 Å². The number of quaternary nitrogens is 1. The van der Waals surface area contributed by atoms with Gasteiger partial charge < -0.3 is 23.8 Å². The number of allylic oxidation sites excluding steroid dienone is 8. The smallest absolute Gasteiger partial charge is 0.362 e. The number of carbonyl (C=O) groups is 3. The number of esters is 2. The van der Waals surface area contributed by atoms with Crippen molar-refractivity contribution >= 4 is 17.9 Å². The largest absolute Gasteiger partial charge is 0.477 e. The van der Waals surface area contributed by atoms with Gasteiger partial charge in [-0.1, -0.05) is 191 Å². The molecule has 0 aromatic carbocycles. The highest BCUT2D eigenvalue weighted by molar-refractivity contribution is 5.72. The molecule has 2 unspecified atom stereocenters. The molecular formula is C54H98NO7+. The van der Waals surface area contributed by atoms with Crippen LogP contribution in [0.15, 0.2) is 48.6 Å². The van der Waals surface area contributed by atoms with E-state index in [0.717, 1.165) is 64.2 Å². The highest BCUT2D eigenvalue weighted by Crippen LogP contribution is 2.15. The van der Waals surface area contributed by atoms with Crippen molar-refractivity contribution in [3.05, 3.63) is 48.6 Å². The zero-order chi connectivity index (χ0) is 45.6.